The monoisotopic (exact) mass is 447 g/mol. The largest absolute Gasteiger partial charge is 0.478 e. The number of carboxylic acid groups (broad SMARTS) is 1. The van der Waals surface area contributed by atoms with Gasteiger partial charge in [0.1, 0.15) is 0 Å². The van der Waals surface area contributed by atoms with Crippen LogP contribution < -0.4 is 14.9 Å². The molecule has 0 fully saturated rings. The van der Waals surface area contributed by atoms with Crippen molar-refractivity contribution in [2.75, 3.05) is 28.2 Å². The summed E-state index contributed by atoms with van der Waals surface area (Å²) in [7, 11) is 1.75. The van der Waals surface area contributed by atoms with Crippen LogP contribution in [0.1, 0.15) is 15.9 Å². The minimum atomic E-state index is -4.37. The molecule has 3 N–H and O–H groups in total. The normalized spacial score (nSPS) is 11.1. The first kappa shape index (κ1) is 22.4. The molecule has 0 spiro atoms. The zero-order chi connectivity index (χ0) is 22.6. The molecular formula is C22H20F3N3O2S. The lowest BCUT2D eigenvalue weighted by Crippen LogP contribution is -2.10. The van der Waals surface area contributed by atoms with Crippen molar-refractivity contribution in [3.05, 3.63) is 77.9 Å². The van der Waals surface area contributed by atoms with E-state index < -0.39 is 17.7 Å². The second-order valence-electron chi connectivity index (χ2n) is 6.65. The van der Waals surface area contributed by atoms with E-state index in [2.05, 4.69) is 10.0 Å². The fourth-order valence-electron chi connectivity index (χ4n) is 2.96. The SMILES string of the molecule is CSNc1ccc(Nc2ccc(N(C)c3ccc(C(F)(F)F)cc3)cc2)c(C(=O)O)c1. The number of aromatic carboxylic acids is 1. The molecule has 0 aromatic heterocycles. The number of alkyl halides is 3. The Labute approximate surface area is 182 Å². The maximum Gasteiger partial charge on any atom is 0.416 e. The molecule has 0 unspecified atom stereocenters. The number of carboxylic acids is 1. The van der Waals surface area contributed by atoms with Crippen molar-refractivity contribution in [1.29, 1.82) is 0 Å². The van der Waals surface area contributed by atoms with Crippen LogP contribution in [0.25, 0.3) is 0 Å². The zero-order valence-electron chi connectivity index (χ0n) is 16.7. The summed E-state index contributed by atoms with van der Waals surface area (Å²) in [5, 5.41) is 12.6. The number of hydrogen-bond donors (Lipinski definition) is 3. The quantitative estimate of drug-likeness (QED) is 0.355. The maximum absolute atomic E-state index is 12.7. The van der Waals surface area contributed by atoms with Crippen molar-refractivity contribution in [2.24, 2.45) is 0 Å². The minimum absolute atomic E-state index is 0.130. The van der Waals surface area contributed by atoms with Gasteiger partial charge in [-0.3, -0.25) is 0 Å². The summed E-state index contributed by atoms with van der Waals surface area (Å²) < 4.78 is 41.2. The summed E-state index contributed by atoms with van der Waals surface area (Å²) in [6, 6.07) is 17.1. The highest BCUT2D eigenvalue weighted by Gasteiger charge is 2.30. The Bertz CT molecular complexity index is 1060. The van der Waals surface area contributed by atoms with Crippen molar-refractivity contribution in [3.8, 4) is 0 Å². The molecule has 162 valence electrons. The number of nitrogens with zero attached hydrogens (tertiary/aromatic N) is 1. The molecule has 3 rings (SSSR count). The van der Waals surface area contributed by atoms with Crippen LogP contribution >= 0.6 is 11.9 Å². The van der Waals surface area contributed by atoms with E-state index >= 15 is 0 Å². The van der Waals surface area contributed by atoms with Crippen molar-refractivity contribution in [3.63, 3.8) is 0 Å². The lowest BCUT2D eigenvalue weighted by Gasteiger charge is -2.21. The molecule has 0 bridgehead atoms. The van der Waals surface area contributed by atoms with Gasteiger partial charge in [-0.2, -0.15) is 13.2 Å². The molecule has 0 aliphatic carbocycles. The number of carbonyl (C=O) groups is 1. The van der Waals surface area contributed by atoms with E-state index in [9.17, 15) is 23.1 Å². The fraction of sp³-hybridized carbons (Fsp3) is 0.136. The molecule has 3 aromatic rings. The number of nitrogens with one attached hydrogen (secondary N) is 2. The van der Waals surface area contributed by atoms with Gasteiger partial charge < -0.3 is 20.0 Å². The highest BCUT2D eigenvalue weighted by Crippen LogP contribution is 2.32. The van der Waals surface area contributed by atoms with Crippen molar-refractivity contribution < 1.29 is 23.1 Å². The summed E-state index contributed by atoms with van der Waals surface area (Å²) in [5.41, 5.74) is 2.62. The second-order valence-corrected chi connectivity index (χ2v) is 7.26. The van der Waals surface area contributed by atoms with Gasteiger partial charge in [0.25, 0.3) is 0 Å². The molecule has 31 heavy (non-hydrogen) atoms. The summed E-state index contributed by atoms with van der Waals surface area (Å²) in [5.74, 6) is -1.05. The molecule has 0 aliphatic rings. The van der Waals surface area contributed by atoms with Gasteiger partial charge >= 0.3 is 12.1 Å². The maximum atomic E-state index is 12.7. The molecule has 0 aliphatic heterocycles. The van der Waals surface area contributed by atoms with Crippen LogP contribution in [0.3, 0.4) is 0 Å². The van der Waals surface area contributed by atoms with Crippen LogP contribution in [0.5, 0.6) is 0 Å². The lowest BCUT2D eigenvalue weighted by molar-refractivity contribution is -0.137. The van der Waals surface area contributed by atoms with Crippen LogP contribution in [-0.4, -0.2) is 24.4 Å². The number of hydrogen-bond acceptors (Lipinski definition) is 5. The molecule has 3 aromatic carbocycles. The number of rotatable bonds is 7. The van der Waals surface area contributed by atoms with Gasteiger partial charge in [-0.1, -0.05) is 11.9 Å². The third kappa shape index (κ3) is 5.43. The Morgan fingerprint density at radius 2 is 1.48 bits per heavy atom. The van der Waals surface area contributed by atoms with Gasteiger partial charge in [0, 0.05) is 36.1 Å². The van der Waals surface area contributed by atoms with Crippen molar-refractivity contribution in [1.82, 2.24) is 0 Å². The Morgan fingerprint density at radius 1 is 0.935 bits per heavy atom. The number of halogens is 3. The summed E-state index contributed by atoms with van der Waals surface area (Å²) in [6.07, 6.45) is -2.53. The molecule has 0 saturated heterocycles. The Kier molecular flexibility index (Phi) is 6.65. The van der Waals surface area contributed by atoms with E-state index in [0.717, 1.165) is 17.8 Å². The highest BCUT2D eigenvalue weighted by atomic mass is 32.2. The summed E-state index contributed by atoms with van der Waals surface area (Å²) >= 11 is 1.37. The summed E-state index contributed by atoms with van der Waals surface area (Å²) in [6.45, 7) is 0. The van der Waals surface area contributed by atoms with E-state index in [4.69, 9.17) is 0 Å². The molecule has 0 amide bonds. The first-order valence-electron chi connectivity index (χ1n) is 9.13. The van der Waals surface area contributed by atoms with E-state index in [1.807, 2.05) is 6.26 Å². The predicted molar refractivity (Wildman–Crippen MR) is 120 cm³/mol. The van der Waals surface area contributed by atoms with E-state index in [0.29, 0.717) is 22.7 Å². The number of benzene rings is 3. The van der Waals surface area contributed by atoms with Crippen LogP contribution in [0.4, 0.5) is 41.6 Å². The standard InChI is InChI=1S/C22H20F3N3O2S/c1-28(17-8-3-14(4-9-17)22(23,24)25)18-10-5-15(6-11-18)26-20-12-7-16(27-31-2)13-19(20)21(29)30/h3-13,26-27H,1-2H3,(H,29,30). The van der Waals surface area contributed by atoms with Crippen LogP contribution in [-0.2, 0) is 6.18 Å². The first-order valence-corrected chi connectivity index (χ1v) is 10.4. The predicted octanol–water partition coefficient (Wildman–Crippen LogP) is 6.61. The minimum Gasteiger partial charge on any atom is -0.478 e. The average Bonchev–Trinajstić information content (AvgIpc) is 2.74. The van der Waals surface area contributed by atoms with Gasteiger partial charge in [0.05, 0.1) is 16.8 Å². The average molecular weight is 447 g/mol. The molecule has 0 radical (unpaired) electrons. The van der Waals surface area contributed by atoms with Gasteiger partial charge in [-0.15, -0.1) is 0 Å². The fourth-order valence-corrected chi connectivity index (χ4v) is 3.32. The molecule has 9 heteroatoms. The van der Waals surface area contributed by atoms with Crippen molar-refractivity contribution >= 4 is 46.4 Å². The molecular weight excluding hydrogens is 427 g/mol. The Morgan fingerprint density at radius 3 is 2.00 bits per heavy atom. The van der Waals surface area contributed by atoms with Crippen LogP contribution in [0.2, 0.25) is 0 Å². The first-order chi connectivity index (χ1) is 14.7. The molecule has 0 heterocycles. The van der Waals surface area contributed by atoms with Crippen molar-refractivity contribution in [2.45, 2.75) is 6.18 Å². The zero-order valence-corrected chi connectivity index (χ0v) is 17.5. The molecule has 0 saturated carbocycles. The van der Waals surface area contributed by atoms with Gasteiger partial charge in [0.2, 0.25) is 0 Å². The van der Waals surface area contributed by atoms with E-state index in [-0.39, 0.29) is 5.56 Å². The molecule has 5 nitrogen and oxygen atoms in total. The number of anilines is 5. The van der Waals surface area contributed by atoms with E-state index in [1.165, 1.54) is 24.1 Å². The van der Waals surface area contributed by atoms with Gasteiger partial charge in [-0.25, -0.2) is 4.79 Å². The second kappa shape index (κ2) is 9.22. The molecule has 0 atom stereocenters. The third-order valence-corrected chi connectivity index (χ3v) is 5.03. The Hall–Kier alpha value is -3.33. The van der Waals surface area contributed by atoms with Gasteiger partial charge in [0.15, 0.2) is 0 Å². The lowest BCUT2D eigenvalue weighted by atomic mass is 10.1. The summed E-state index contributed by atoms with van der Waals surface area (Å²) in [4.78, 5) is 13.4. The van der Waals surface area contributed by atoms with Crippen LogP contribution in [0, 0.1) is 0 Å². The highest BCUT2D eigenvalue weighted by molar-refractivity contribution is 7.99. The van der Waals surface area contributed by atoms with Crippen LogP contribution in [0.15, 0.2) is 66.7 Å². The van der Waals surface area contributed by atoms with E-state index in [1.54, 1.807) is 54.4 Å². The van der Waals surface area contributed by atoms with Gasteiger partial charge in [-0.05, 0) is 66.7 Å². The smallest absolute Gasteiger partial charge is 0.416 e. The Balaban J connectivity index is 1.77. The topological polar surface area (TPSA) is 64.6 Å². The third-order valence-electron chi connectivity index (χ3n) is 4.59.